The van der Waals surface area contributed by atoms with Crippen LogP contribution in [-0.2, 0) is 11.2 Å². The third-order valence-corrected chi connectivity index (χ3v) is 5.33. The quantitative estimate of drug-likeness (QED) is 0.820. The number of thioether (sulfide) groups is 1. The molecule has 1 saturated heterocycles. The number of nitrogens with two attached hydrogens (primary N) is 1. The van der Waals surface area contributed by atoms with Crippen LogP contribution in [0.3, 0.4) is 0 Å². The zero-order valence-electron chi connectivity index (χ0n) is 11.7. The van der Waals surface area contributed by atoms with Gasteiger partial charge >= 0.3 is 0 Å². The highest BCUT2D eigenvalue weighted by molar-refractivity contribution is 7.99. The lowest BCUT2D eigenvalue weighted by molar-refractivity contribution is 0.0619. The summed E-state index contributed by atoms with van der Waals surface area (Å²) < 4.78 is 5.13. The van der Waals surface area contributed by atoms with Crippen LogP contribution in [0.2, 0.25) is 0 Å². The van der Waals surface area contributed by atoms with E-state index in [4.69, 9.17) is 10.5 Å². The number of amides is 1. The van der Waals surface area contributed by atoms with Crippen molar-refractivity contribution in [3.8, 4) is 0 Å². The summed E-state index contributed by atoms with van der Waals surface area (Å²) in [5.74, 6) is 2.15. The SMILES string of the molecule is COCCN(C(=O)c1csc(CCN)n1)C1CCSC1. The van der Waals surface area contributed by atoms with E-state index in [0.29, 0.717) is 31.4 Å². The first-order valence-electron chi connectivity index (χ1n) is 6.78. The van der Waals surface area contributed by atoms with Crippen molar-refractivity contribution in [2.45, 2.75) is 18.9 Å². The van der Waals surface area contributed by atoms with E-state index in [1.165, 1.54) is 11.3 Å². The number of hydrogen-bond donors (Lipinski definition) is 1. The van der Waals surface area contributed by atoms with Crippen molar-refractivity contribution in [3.63, 3.8) is 0 Å². The lowest BCUT2D eigenvalue weighted by atomic mass is 10.2. The molecule has 0 bridgehead atoms. The Morgan fingerprint density at radius 2 is 2.50 bits per heavy atom. The van der Waals surface area contributed by atoms with Gasteiger partial charge in [0.25, 0.3) is 5.91 Å². The average Bonchev–Trinajstić information content (AvgIpc) is 3.10. The first-order chi connectivity index (χ1) is 9.76. The van der Waals surface area contributed by atoms with E-state index in [0.717, 1.165) is 29.4 Å². The fourth-order valence-electron chi connectivity index (χ4n) is 2.20. The van der Waals surface area contributed by atoms with Gasteiger partial charge in [-0.25, -0.2) is 4.98 Å². The predicted octanol–water partition coefficient (Wildman–Crippen LogP) is 1.24. The number of hydrogen-bond acceptors (Lipinski definition) is 6. The molecule has 0 aliphatic carbocycles. The van der Waals surface area contributed by atoms with E-state index < -0.39 is 0 Å². The molecule has 2 N–H and O–H groups in total. The molecule has 1 aromatic heterocycles. The van der Waals surface area contributed by atoms with Crippen LogP contribution in [0, 0.1) is 0 Å². The van der Waals surface area contributed by atoms with Crippen LogP contribution in [0.25, 0.3) is 0 Å². The molecule has 2 rings (SSSR count). The van der Waals surface area contributed by atoms with Crippen LogP contribution >= 0.6 is 23.1 Å². The molecule has 1 aliphatic heterocycles. The topological polar surface area (TPSA) is 68.5 Å². The lowest BCUT2D eigenvalue weighted by Gasteiger charge is -2.27. The molecule has 1 amide bonds. The number of rotatable bonds is 7. The summed E-state index contributed by atoms with van der Waals surface area (Å²) in [5, 5.41) is 2.78. The summed E-state index contributed by atoms with van der Waals surface area (Å²) in [4.78, 5) is 19.0. The summed E-state index contributed by atoms with van der Waals surface area (Å²) in [6.45, 7) is 1.75. The number of nitrogens with zero attached hydrogens (tertiary/aromatic N) is 2. The third-order valence-electron chi connectivity index (χ3n) is 3.27. The van der Waals surface area contributed by atoms with Crippen molar-refractivity contribution in [2.24, 2.45) is 5.73 Å². The van der Waals surface area contributed by atoms with E-state index in [1.807, 2.05) is 22.0 Å². The molecule has 0 radical (unpaired) electrons. The van der Waals surface area contributed by atoms with Gasteiger partial charge in [-0.2, -0.15) is 11.8 Å². The minimum absolute atomic E-state index is 0.0223. The Hall–Kier alpha value is -0.630. The Kier molecular flexibility index (Phi) is 6.28. The number of ether oxygens (including phenoxy) is 1. The van der Waals surface area contributed by atoms with Gasteiger partial charge in [-0.3, -0.25) is 4.79 Å². The fourth-order valence-corrected chi connectivity index (χ4v) is 4.21. The Morgan fingerprint density at radius 1 is 1.65 bits per heavy atom. The van der Waals surface area contributed by atoms with Crippen molar-refractivity contribution in [2.75, 3.05) is 38.3 Å². The molecule has 1 fully saturated rings. The standard InChI is InChI=1S/C13H21N3O2S2/c1-18-6-5-16(10-3-7-19-8-10)13(17)11-9-20-12(15-11)2-4-14/h9-10H,2-8,14H2,1H3. The van der Waals surface area contributed by atoms with E-state index >= 15 is 0 Å². The van der Waals surface area contributed by atoms with Gasteiger partial charge in [-0.1, -0.05) is 0 Å². The Balaban J connectivity index is 2.07. The largest absolute Gasteiger partial charge is 0.383 e. The zero-order chi connectivity index (χ0) is 14.4. The highest BCUT2D eigenvalue weighted by Crippen LogP contribution is 2.24. The number of carbonyl (C=O) groups excluding carboxylic acids is 1. The Bertz CT molecular complexity index is 433. The van der Waals surface area contributed by atoms with Gasteiger partial charge in [0.05, 0.1) is 11.6 Å². The predicted molar refractivity (Wildman–Crippen MR) is 83.5 cm³/mol. The maximum atomic E-state index is 12.6. The van der Waals surface area contributed by atoms with Gasteiger partial charge in [-0.05, 0) is 18.7 Å². The number of thiazole rings is 1. The van der Waals surface area contributed by atoms with Crippen LogP contribution in [-0.4, -0.2) is 60.1 Å². The molecular formula is C13H21N3O2S2. The van der Waals surface area contributed by atoms with Crippen molar-refractivity contribution >= 4 is 29.0 Å². The second-order valence-corrected chi connectivity index (χ2v) is 6.77. The molecule has 0 aromatic carbocycles. The van der Waals surface area contributed by atoms with Gasteiger partial charge in [0.15, 0.2) is 0 Å². The molecule has 112 valence electrons. The highest BCUT2D eigenvalue weighted by atomic mass is 32.2. The first kappa shape index (κ1) is 15.8. The number of aromatic nitrogens is 1. The maximum Gasteiger partial charge on any atom is 0.273 e. The molecule has 0 spiro atoms. The molecule has 0 saturated carbocycles. The third kappa shape index (κ3) is 3.94. The van der Waals surface area contributed by atoms with Crippen LogP contribution in [0.15, 0.2) is 5.38 Å². The summed E-state index contributed by atoms with van der Waals surface area (Å²) in [6.07, 6.45) is 1.79. The summed E-state index contributed by atoms with van der Waals surface area (Å²) in [5.41, 5.74) is 6.07. The zero-order valence-corrected chi connectivity index (χ0v) is 13.3. The van der Waals surface area contributed by atoms with Gasteiger partial charge in [0.1, 0.15) is 5.69 Å². The monoisotopic (exact) mass is 315 g/mol. The number of methoxy groups -OCH3 is 1. The molecule has 7 heteroatoms. The second-order valence-electron chi connectivity index (χ2n) is 4.67. The molecule has 20 heavy (non-hydrogen) atoms. The van der Waals surface area contributed by atoms with Gasteiger partial charge in [0, 0.05) is 37.3 Å². The first-order valence-corrected chi connectivity index (χ1v) is 8.81. The Morgan fingerprint density at radius 3 is 3.15 bits per heavy atom. The second kappa shape index (κ2) is 7.97. The van der Waals surface area contributed by atoms with Crippen molar-refractivity contribution < 1.29 is 9.53 Å². The fraction of sp³-hybridized carbons (Fsp3) is 0.692. The molecule has 5 nitrogen and oxygen atoms in total. The van der Waals surface area contributed by atoms with Crippen LogP contribution in [0.4, 0.5) is 0 Å². The average molecular weight is 315 g/mol. The normalized spacial score (nSPS) is 18.4. The minimum Gasteiger partial charge on any atom is -0.383 e. The van der Waals surface area contributed by atoms with Crippen molar-refractivity contribution in [1.29, 1.82) is 0 Å². The van der Waals surface area contributed by atoms with Gasteiger partial charge in [0.2, 0.25) is 0 Å². The van der Waals surface area contributed by atoms with E-state index in [1.54, 1.807) is 7.11 Å². The van der Waals surface area contributed by atoms with Gasteiger partial charge in [-0.15, -0.1) is 11.3 Å². The van der Waals surface area contributed by atoms with Crippen LogP contribution in [0.1, 0.15) is 21.9 Å². The van der Waals surface area contributed by atoms with E-state index in [-0.39, 0.29) is 5.91 Å². The van der Waals surface area contributed by atoms with E-state index in [9.17, 15) is 4.79 Å². The van der Waals surface area contributed by atoms with Crippen molar-refractivity contribution in [3.05, 3.63) is 16.1 Å². The molecule has 2 heterocycles. The molecule has 1 aliphatic rings. The highest BCUT2D eigenvalue weighted by Gasteiger charge is 2.28. The maximum absolute atomic E-state index is 12.6. The van der Waals surface area contributed by atoms with Gasteiger partial charge < -0.3 is 15.4 Å². The van der Waals surface area contributed by atoms with Crippen LogP contribution in [0.5, 0.6) is 0 Å². The van der Waals surface area contributed by atoms with E-state index in [2.05, 4.69) is 4.98 Å². The summed E-state index contributed by atoms with van der Waals surface area (Å²) >= 11 is 3.41. The Labute approximate surface area is 127 Å². The van der Waals surface area contributed by atoms with Crippen molar-refractivity contribution in [1.82, 2.24) is 9.88 Å². The minimum atomic E-state index is 0.0223. The number of carbonyl (C=O) groups is 1. The lowest BCUT2D eigenvalue weighted by Crippen LogP contribution is -2.42. The summed E-state index contributed by atoms with van der Waals surface area (Å²) in [6, 6.07) is 0.308. The molecular weight excluding hydrogens is 294 g/mol. The molecule has 1 unspecified atom stereocenters. The smallest absolute Gasteiger partial charge is 0.273 e. The molecule has 1 aromatic rings. The summed E-state index contributed by atoms with van der Waals surface area (Å²) in [7, 11) is 1.66. The molecule has 1 atom stereocenters. The van der Waals surface area contributed by atoms with Crippen LogP contribution < -0.4 is 5.73 Å².